The first-order valence-corrected chi connectivity index (χ1v) is 8.21. The Morgan fingerprint density at radius 3 is 2.43 bits per heavy atom. The van der Waals surface area contributed by atoms with Crippen molar-refractivity contribution in [1.29, 1.82) is 0 Å². The molecule has 0 spiro atoms. The summed E-state index contributed by atoms with van der Waals surface area (Å²) < 4.78 is 38.2. The van der Waals surface area contributed by atoms with Gasteiger partial charge in [0.05, 0.1) is 11.3 Å². The molecule has 3 atom stereocenters. The van der Waals surface area contributed by atoms with Crippen LogP contribution in [0.5, 0.6) is 0 Å². The van der Waals surface area contributed by atoms with E-state index >= 15 is 0 Å². The van der Waals surface area contributed by atoms with E-state index < -0.39 is 18.0 Å². The second-order valence-corrected chi connectivity index (χ2v) is 6.50. The van der Waals surface area contributed by atoms with Gasteiger partial charge in [-0.15, -0.1) is 11.6 Å². The summed E-state index contributed by atoms with van der Waals surface area (Å²) in [6.07, 6.45) is -1.29. The van der Waals surface area contributed by atoms with E-state index in [1.165, 1.54) is 0 Å². The van der Waals surface area contributed by atoms with Gasteiger partial charge in [-0.1, -0.05) is 33.1 Å². The lowest BCUT2D eigenvalue weighted by Gasteiger charge is -2.30. The Morgan fingerprint density at radius 1 is 1.29 bits per heavy atom. The lowest BCUT2D eigenvalue weighted by atomic mass is 9.80. The summed E-state index contributed by atoms with van der Waals surface area (Å²) in [6, 6.07) is 0. The van der Waals surface area contributed by atoms with Crippen molar-refractivity contribution in [2.45, 2.75) is 63.9 Å². The fourth-order valence-electron chi connectivity index (χ4n) is 3.03. The van der Waals surface area contributed by atoms with E-state index in [-0.39, 0.29) is 24.1 Å². The molecule has 1 saturated carbocycles. The monoisotopic (exact) mass is 327 g/mol. The number of amides is 1. The Morgan fingerprint density at radius 2 is 1.90 bits per heavy atom. The maximum atomic E-state index is 12.7. The zero-order valence-corrected chi connectivity index (χ0v) is 13.4. The average Bonchev–Trinajstić information content (AvgIpc) is 2.45. The third-order valence-corrected chi connectivity index (χ3v) is 5.05. The molecule has 124 valence electrons. The predicted octanol–water partition coefficient (Wildman–Crippen LogP) is 4.51. The van der Waals surface area contributed by atoms with Crippen LogP contribution in [0.3, 0.4) is 0 Å². The zero-order valence-electron chi connectivity index (χ0n) is 12.7. The van der Waals surface area contributed by atoms with Crippen LogP contribution in [0.1, 0.15) is 52.4 Å². The number of hydrogen-bond donors (Lipinski definition) is 1. The minimum atomic E-state index is -4.19. The van der Waals surface area contributed by atoms with Gasteiger partial charge in [-0.3, -0.25) is 4.79 Å². The van der Waals surface area contributed by atoms with Gasteiger partial charge in [-0.25, -0.2) is 0 Å². The largest absolute Gasteiger partial charge is 0.391 e. The zero-order chi connectivity index (χ0) is 16.0. The molecule has 6 heteroatoms. The lowest BCUT2D eigenvalue weighted by molar-refractivity contribution is -0.186. The Labute approximate surface area is 129 Å². The van der Waals surface area contributed by atoms with E-state index in [0.717, 1.165) is 12.8 Å². The van der Waals surface area contributed by atoms with Gasteiger partial charge in [0.15, 0.2) is 0 Å². The molecule has 1 N–H and O–H groups in total. The van der Waals surface area contributed by atoms with Crippen molar-refractivity contribution in [2.24, 2.45) is 17.8 Å². The molecule has 21 heavy (non-hydrogen) atoms. The highest BCUT2D eigenvalue weighted by atomic mass is 35.5. The summed E-state index contributed by atoms with van der Waals surface area (Å²) >= 11 is 6.24. The predicted molar refractivity (Wildman–Crippen MR) is 78.2 cm³/mol. The summed E-state index contributed by atoms with van der Waals surface area (Å²) in [6.45, 7) is 4.42. The molecule has 0 aromatic carbocycles. The van der Waals surface area contributed by atoms with Crippen LogP contribution in [0.2, 0.25) is 0 Å². The van der Waals surface area contributed by atoms with Crippen LogP contribution in [0.25, 0.3) is 0 Å². The van der Waals surface area contributed by atoms with Gasteiger partial charge in [0, 0.05) is 12.5 Å². The summed E-state index contributed by atoms with van der Waals surface area (Å²) in [5, 5.41) is 2.57. The molecule has 2 nitrogen and oxygen atoms in total. The summed E-state index contributed by atoms with van der Waals surface area (Å²) in [5.41, 5.74) is 0. The standard InChI is InChI=1S/C15H25ClF3NO/c1-3-10(4-2)13(16)9-20-14(21)11-6-5-7-12(8-11)15(17,18)19/h10-13H,3-9H2,1-2H3,(H,20,21). The minimum absolute atomic E-state index is 0.0900. The van der Waals surface area contributed by atoms with Crippen LogP contribution in [0.4, 0.5) is 13.2 Å². The number of halogens is 4. The van der Waals surface area contributed by atoms with Crippen molar-refractivity contribution in [2.75, 3.05) is 6.54 Å². The summed E-state index contributed by atoms with van der Waals surface area (Å²) in [5.74, 6) is -1.83. The maximum Gasteiger partial charge on any atom is 0.391 e. The van der Waals surface area contributed by atoms with Crippen molar-refractivity contribution in [3.63, 3.8) is 0 Å². The minimum Gasteiger partial charge on any atom is -0.354 e. The number of alkyl halides is 4. The number of carbonyl (C=O) groups excluding carboxylic acids is 1. The molecule has 0 radical (unpaired) electrons. The highest BCUT2D eigenvalue weighted by Crippen LogP contribution is 2.39. The van der Waals surface area contributed by atoms with Gasteiger partial charge in [-0.05, 0) is 25.2 Å². The third kappa shape index (κ3) is 5.68. The quantitative estimate of drug-likeness (QED) is 0.714. The van der Waals surface area contributed by atoms with Gasteiger partial charge in [-0.2, -0.15) is 13.2 Å². The molecule has 1 fully saturated rings. The number of rotatable bonds is 6. The summed E-state index contributed by atoms with van der Waals surface area (Å²) in [4.78, 5) is 12.0. The molecule has 3 unspecified atom stereocenters. The molecular formula is C15H25ClF3NO. The normalized spacial score (nSPS) is 24.9. The number of nitrogens with one attached hydrogen (secondary N) is 1. The first-order valence-electron chi connectivity index (χ1n) is 7.78. The van der Waals surface area contributed by atoms with Gasteiger partial charge in [0.1, 0.15) is 0 Å². The van der Waals surface area contributed by atoms with Crippen LogP contribution in [-0.2, 0) is 4.79 Å². The molecule has 0 aromatic heterocycles. The smallest absolute Gasteiger partial charge is 0.354 e. The molecule has 0 aromatic rings. The van der Waals surface area contributed by atoms with E-state index in [0.29, 0.717) is 25.3 Å². The van der Waals surface area contributed by atoms with E-state index in [1.54, 1.807) is 0 Å². The third-order valence-electron chi connectivity index (χ3n) is 4.54. The van der Waals surface area contributed by atoms with Crippen LogP contribution in [0, 0.1) is 17.8 Å². The van der Waals surface area contributed by atoms with E-state index in [9.17, 15) is 18.0 Å². The second-order valence-electron chi connectivity index (χ2n) is 5.94. The maximum absolute atomic E-state index is 12.7. The van der Waals surface area contributed by atoms with Crippen molar-refractivity contribution < 1.29 is 18.0 Å². The molecule has 1 aliphatic rings. The molecule has 0 bridgehead atoms. The van der Waals surface area contributed by atoms with Gasteiger partial charge in [0.25, 0.3) is 0 Å². The highest BCUT2D eigenvalue weighted by molar-refractivity contribution is 6.21. The van der Waals surface area contributed by atoms with Crippen molar-refractivity contribution in [1.82, 2.24) is 5.32 Å². The van der Waals surface area contributed by atoms with Crippen LogP contribution < -0.4 is 5.32 Å². The van der Waals surface area contributed by atoms with Crippen LogP contribution in [-0.4, -0.2) is 24.0 Å². The Hall–Kier alpha value is -0.450. The van der Waals surface area contributed by atoms with Crippen LogP contribution >= 0.6 is 11.6 Å². The number of hydrogen-bond acceptors (Lipinski definition) is 1. The van der Waals surface area contributed by atoms with Crippen LogP contribution in [0.15, 0.2) is 0 Å². The Bertz CT molecular complexity index is 331. The van der Waals surface area contributed by atoms with Crippen molar-refractivity contribution in [3.05, 3.63) is 0 Å². The Balaban J connectivity index is 2.45. The molecule has 0 saturated heterocycles. The van der Waals surface area contributed by atoms with Crippen molar-refractivity contribution >= 4 is 17.5 Å². The molecular weight excluding hydrogens is 303 g/mol. The first kappa shape index (κ1) is 18.6. The van der Waals surface area contributed by atoms with Crippen molar-refractivity contribution in [3.8, 4) is 0 Å². The fraction of sp³-hybridized carbons (Fsp3) is 0.933. The van der Waals surface area contributed by atoms with Gasteiger partial charge in [0.2, 0.25) is 5.91 Å². The Kier molecular flexibility index (Phi) is 7.31. The SMILES string of the molecule is CCC(CC)C(Cl)CNC(=O)C1CCCC(C(F)(F)F)C1. The van der Waals surface area contributed by atoms with E-state index in [1.807, 2.05) is 13.8 Å². The van der Waals surface area contributed by atoms with E-state index in [4.69, 9.17) is 11.6 Å². The average molecular weight is 328 g/mol. The molecule has 0 aliphatic heterocycles. The molecule has 1 amide bonds. The highest BCUT2D eigenvalue weighted by Gasteiger charge is 2.43. The first-order chi connectivity index (χ1) is 9.79. The van der Waals surface area contributed by atoms with Gasteiger partial charge < -0.3 is 5.32 Å². The summed E-state index contributed by atoms with van der Waals surface area (Å²) in [7, 11) is 0. The second kappa shape index (κ2) is 8.25. The lowest BCUT2D eigenvalue weighted by Crippen LogP contribution is -2.40. The molecule has 1 aliphatic carbocycles. The molecule has 1 rings (SSSR count). The topological polar surface area (TPSA) is 29.1 Å². The number of carbonyl (C=O) groups is 1. The van der Waals surface area contributed by atoms with Gasteiger partial charge >= 0.3 is 6.18 Å². The fourth-order valence-corrected chi connectivity index (χ4v) is 3.47. The van der Waals surface area contributed by atoms with E-state index in [2.05, 4.69) is 5.32 Å². The molecule has 0 heterocycles.